The second-order valence-electron chi connectivity index (χ2n) is 11.0. The van der Waals surface area contributed by atoms with Crippen LogP contribution < -0.4 is 0 Å². The number of unbranched alkanes of at least 4 members (excludes halogenated alkanes) is 4. The molecule has 0 atom stereocenters. The lowest BCUT2D eigenvalue weighted by Crippen LogP contribution is -1.99. The lowest BCUT2D eigenvalue weighted by Gasteiger charge is -2.07. The maximum atomic E-state index is 14.2. The van der Waals surface area contributed by atoms with Crippen molar-refractivity contribution in [1.29, 1.82) is 0 Å². The first-order chi connectivity index (χ1) is 22.5. The van der Waals surface area contributed by atoms with Crippen molar-refractivity contribution in [3.63, 3.8) is 0 Å². The highest BCUT2D eigenvalue weighted by Crippen LogP contribution is 2.27. The summed E-state index contributed by atoms with van der Waals surface area (Å²) in [5.41, 5.74) is 2.67. The lowest BCUT2D eigenvalue weighted by molar-refractivity contribution is -0.141. The van der Waals surface area contributed by atoms with E-state index in [4.69, 9.17) is 5.11 Å². The van der Waals surface area contributed by atoms with Crippen LogP contribution in [0.15, 0.2) is 72.8 Å². The molecule has 0 heterocycles. The van der Waals surface area contributed by atoms with E-state index in [0.29, 0.717) is 31.2 Å². The largest absolute Gasteiger partial charge is 0.481 e. The third-order valence-corrected chi connectivity index (χ3v) is 7.46. The summed E-state index contributed by atoms with van der Waals surface area (Å²) < 4.78 is 85.3. The van der Waals surface area contributed by atoms with E-state index in [2.05, 4.69) is 4.74 Å². The van der Waals surface area contributed by atoms with Crippen molar-refractivity contribution in [3.05, 3.63) is 119 Å². The Hall–Kier alpha value is -4.60. The molecule has 0 amide bonds. The Morgan fingerprint density at radius 2 is 0.979 bits per heavy atom. The van der Waals surface area contributed by atoms with Crippen LogP contribution in [-0.4, -0.2) is 24.2 Å². The lowest BCUT2D eigenvalue weighted by atomic mass is 10.00. The number of halogens is 6. The van der Waals surface area contributed by atoms with Gasteiger partial charge >= 0.3 is 11.9 Å². The van der Waals surface area contributed by atoms with E-state index >= 15 is 0 Å². The molecule has 1 N–H and O–H groups in total. The number of carbonyl (C=O) groups is 2. The van der Waals surface area contributed by atoms with Gasteiger partial charge in [0.15, 0.2) is 23.3 Å². The fourth-order valence-corrected chi connectivity index (χ4v) is 4.88. The van der Waals surface area contributed by atoms with Crippen molar-refractivity contribution in [2.75, 3.05) is 7.11 Å². The Balaban J connectivity index is 0.000000256. The number of carboxylic acids is 1. The summed E-state index contributed by atoms with van der Waals surface area (Å²) >= 11 is 0. The Morgan fingerprint density at radius 1 is 0.532 bits per heavy atom. The molecule has 0 bridgehead atoms. The molecular formula is C37H36F6O4. The molecular weight excluding hydrogens is 622 g/mol. The van der Waals surface area contributed by atoms with Crippen LogP contribution >= 0.6 is 0 Å². The van der Waals surface area contributed by atoms with Crippen molar-refractivity contribution in [1.82, 2.24) is 0 Å². The van der Waals surface area contributed by atoms with E-state index in [1.54, 1.807) is 24.3 Å². The van der Waals surface area contributed by atoms with Crippen molar-refractivity contribution in [3.8, 4) is 22.3 Å². The summed E-state index contributed by atoms with van der Waals surface area (Å²) in [6, 6.07) is 16.0. The van der Waals surface area contributed by atoms with Gasteiger partial charge in [0.2, 0.25) is 0 Å². The highest BCUT2D eigenvalue weighted by molar-refractivity contribution is 5.69. The van der Waals surface area contributed by atoms with E-state index in [-0.39, 0.29) is 29.1 Å². The number of hydrogen-bond acceptors (Lipinski definition) is 3. The molecule has 0 aliphatic rings. The summed E-state index contributed by atoms with van der Waals surface area (Å²) in [6.07, 6.45) is 6.43. The summed E-state index contributed by atoms with van der Waals surface area (Å²) in [5, 5.41) is 8.54. The Kier molecular flexibility index (Phi) is 14.5. The second kappa shape index (κ2) is 18.5. The second-order valence-corrected chi connectivity index (χ2v) is 11.0. The topological polar surface area (TPSA) is 63.6 Å². The normalized spacial score (nSPS) is 10.7. The van der Waals surface area contributed by atoms with Gasteiger partial charge in [0.1, 0.15) is 11.6 Å². The van der Waals surface area contributed by atoms with Crippen LogP contribution in [0.5, 0.6) is 0 Å². The summed E-state index contributed by atoms with van der Waals surface area (Å²) in [5.74, 6) is -5.92. The molecule has 250 valence electrons. The molecule has 0 saturated carbocycles. The van der Waals surface area contributed by atoms with Crippen LogP contribution in [0.25, 0.3) is 22.3 Å². The summed E-state index contributed by atoms with van der Waals surface area (Å²) in [7, 11) is 1.36. The minimum absolute atomic E-state index is 0.142. The monoisotopic (exact) mass is 658 g/mol. The van der Waals surface area contributed by atoms with Gasteiger partial charge in [0.05, 0.1) is 7.11 Å². The summed E-state index contributed by atoms with van der Waals surface area (Å²) in [4.78, 5) is 21.4. The number of rotatable bonds is 14. The Morgan fingerprint density at radius 3 is 1.36 bits per heavy atom. The number of ether oxygens (including phenoxy) is 1. The van der Waals surface area contributed by atoms with Crippen LogP contribution in [0, 0.1) is 34.9 Å². The number of aryl methyl sites for hydroxylation is 2. The van der Waals surface area contributed by atoms with Gasteiger partial charge in [-0.15, -0.1) is 0 Å². The minimum atomic E-state index is -1.01. The van der Waals surface area contributed by atoms with E-state index in [1.165, 1.54) is 31.4 Å². The van der Waals surface area contributed by atoms with Crippen molar-refractivity contribution >= 4 is 11.9 Å². The van der Waals surface area contributed by atoms with Crippen molar-refractivity contribution in [2.24, 2.45) is 0 Å². The Bertz CT molecular complexity index is 1660. The van der Waals surface area contributed by atoms with Gasteiger partial charge in [-0.2, -0.15) is 0 Å². The van der Waals surface area contributed by atoms with Gasteiger partial charge in [-0.05, 0) is 97.2 Å². The molecule has 47 heavy (non-hydrogen) atoms. The molecule has 0 radical (unpaired) electrons. The van der Waals surface area contributed by atoms with E-state index in [0.717, 1.165) is 67.5 Å². The molecule has 0 aromatic heterocycles. The zero-order valence-corrected chi connectivity index (χ0v) is 25.9. The first-order valence-electron chi connectivity index (χ1n) is 15.2. The van der Waals surface area contributed by atoms with Gasteiger partial charge in [0, 0.05) is 24.0 Å². The van der Waals surface area contributed by atoms with Crippen LogP contribution in [0.1, 0.15) is 62.5 Å². The van der Waals surface area contributed by atoms with Crippen molar-refractivity contribution in [2.45, 2.75) is 64.2 Å². The van der Waals surface area contributed by atoms with E-state index < -0.39 is 40.9 Å². The third kappa shape index (κ3) is 11.9. The van der Waals surface area contributed by atoms with E-state index in [1.807, 2.05) is 0 Å². The molecule has 0 unspecified atom stereocenters. The third-order valence-electron chi connectivity index (χ3n) is 7.46. The highest BCUT2D eigenvalue weighted by atomic mass is 19.2. The Labute approximate surface area is 270 Å². The number of esters is 1. The van der Waals surface area contributed by atoms with Gasteiger partial charge < -0.3 is 9.84 Å². The van der Waals surface area contributed by atoms with Crippen molar-refractivity contribution < 1.29 is 45.8 Å². The average Bonchev–Trinajstić information content (AvgIpc) is 3.03. The van der Waals surface area contributed by atoms with Crippen LogP contribution in [0.3, 0.4) is 0 Å². The predicted octanol–water partition coefficient (Wildman–Crippen LogP) is 10.0. The van der Waals surface area contributed by atoms with Crippen LogP contribution in [0.2, 0.25) is 0 Å². The summed E-state index contributed by atoms with van der Waals surface area (Å²) in [6.45, 7) is 0. The fourth-order valence-electron chi connectivity index (χ4n) is 4.88. The number of aliphatic carboxylic acids is 1. The van der Waals surface area contributed by atoms with Crippen LogP contribution in [0.4, 0.5) is 26.3 Å². The van der Waals surface area contributed by atoms with Gasteiger partial charge in [0.25, 0.3) is 0 Å². The fraction of sp³-hybridized carbons (Fsp3) is 0.297. The number of methoxy groups -OCH3 is 1. The number of carboxylic acid groups (broad SMARTS) is 1. The molecule has 0 spiro atoms. The zero-order valence-electron chi connectivity index (χ0n) is 25.9. The molecule has 0 aliphatic heterocycles. The molecule has 0 fully saturated rings. The highest BCUT2D eigenvalue weighted by Gasteiger charge is 2.11. The maximum Gasteiger partial charge on any atom is 0.305 e. The number of carbonyl (C=O) groups excluding carboxylic acids is 1. The first-order valence-corrected chi connectivity index (χ1v) is 15.2. The standard InChI is InChI=1S/C19H19F3O2.C18H17F3O2/c1-24-19(23)6-4-2-3-5-13-7-9-15(17(21)11-13)14-8-10-16(20)18(22)12-14;19-15-9-7-13(11-17(15)21)14-8-6-12(10-16(14)20)4-2-1-3-5-18(22)23/h7-12H,2-6H2,1H3;6-11H,1-5H2,(H,22,23). The minimum Gasteiger partial charge on any atom is -0.481 e. The number of hydrogen-bond donors (Lipinski definition) is 1. The maximum absolute atomic E-state index is 14.2. The molecule has 4 nitrogen and oxygen atoms in total. The SMILES string of the molecule is COC(=O)CCCCCc1ccc(-c2ccc(F)c(F)c2)c(F)c1.O=C(O)CCCCCc1ccc(-c2ccc(F)c(F)c2)c(F)c1. The quantitative estimate of drug-likeness (QED) is 0.0832. The molecule has 4 rings (SSSR count). The molecule has 4 aromatic carbocycles. The van der Waals surface area contributed by atoms with Gasteiger partial charge in [-0.1, -0.05) is 49.2 Å². The molecule has 0 saturated heterocycles. The smallest absolute Gasteiger partial charge is 0.305 e. The molecule has 4 aromatic rings. The average molecular weight is 659 g/mol. The molecule has 10 heteroatoms. The molecule has 0 aliphatic carbocycles. The van der Waals surface area contributed by atoms with Gasteiger partial charge in [-0.25, -0.2) is 26.3 Å². The predicted molar refractivity (Wildman–Crippen MR) is 167 cm³/mol. The first kappa shape index (κ1) is 36.9. The number of benzene rings is 4. The zero-order chi connectivity index (χ0) is 34.3. The van der Waals surface area contributed by atoms with Gasteiger partial charge in [-0.3, -0.25) is 9.59 Å². The van der Waals surface area contributed by atoms with Crippen LogP contribution in [-0.2, 0) is 27.2 Å². The van der Waals surface area contributed by atoms with E-state index in [9.17, 15) is 35.9 Å².